The van der Waals surface area contributed by atoms with Crippen LogP contribution < -0.4 is 10.6 Å². The van der Waals surface area contributed by atoms with Crippen LogP contribution in [-0.4, -0.2) is 42.9 Å². The Hall–Kier alpha value is -2.92. The fraction of sp³-hybridized carbons (Fsp3) is 0.360. The van der Waals surface area contributed by atoms with Gasteiger partial charge in [0, 0.05) is 30.4 Å². The number of hydrogen-bond acceptors (Lipinski definition) is 3. The smallest absolute Gasteiger partial charge is 0.251 e. The first-order chi connectivity index (χ1) is 14.4. The number of carbonyl (C=O) groups excluding carboxylic acids is 2. The molecule has 0 aliphatic heterocycles. The molecular weight excluding hydrogens is 374 g/mol. The summed E-state index contributed by atoms with van der Waals surface area (Å²) in [7, 11) is 0. The molecule has 0 heterocycles. The molecule has 0 aliphatic rings. The Kier molecular flexibility index (Phi) is 9.29. The summed E-state index contributed by atoms with van der Waals surface area (Å²) in [6.07, 6.45) is 3.30. The standard InChI is InChI=1S/C25H33N3O2/c1-5-28(6-2)18-17-26-25(30)22-12-14-23(15-13-22)27-24(29)16-9-20-7-10-21(11-8-20)19(3)4/h7-16,19H,5-6,17-18H2,1-4H3,(H,26,30)(H,27,29)/b16-9+. The Bertz CT molecular complexity index is 836. The summed E-state index contributed by atoms with van der Waals surface area (Å²) >= 11 is 0. The quantitative estimate of drug-likeness (QED) is 0.569. The number of anilines is 1. The Morgan fingerprint density at radius 3 is 2.17 bits per heavy atom. The van der Waals surface area contributed by atoms with E-state index in [0.717, 1.165) is 25.2 Å². The van der Waals surface area contributed by atoms with Crippen molar-refractivity contribution in [1.29, 1.82) is 0 Å². The number of carbonyl (C=O) groups is 2. The lowest BCUT2D eigenvalue weighted by Crippen LogP contribution is -2.34. The highest BCUT2D eigenvalue weighted by molar-refractivity contribution is 6.02. The van der Waals surface area contributed by atoms with E-state index in [1.165, 1.54) is 11.6 Å². The lowest BCUT2D eigenvalue weighted by Gasteiger charge is -2.17. The van der Waals surface area contributed by atoms with Crippen LogP contribution in [0.3, 0.4) is 0 Å². The molecule has 0 aliphatic carbocycles. The van der Waals surface area contributed by atoms with E-state index in [-0.39, 0.29) is 11.8 Å². The van der Waals surface area contributed by atoms with Gasteiger partial charge < -0.3 is 15.5 Å². The minimum absolute atomic E-state index is 0.107. The first-order valence-electron chi connectivity index (χ1n) is 10.6. The van der Waals surface area contributed by atoms with Crippen LogP contribution in [0, 0.1) is 0 Å². The predicted molar refractivity (Wildman–Crippen MR) is 125 cm³/mol. The van der Waals surface area contributed by atoms with E-state index in [0.29, 0.717) is 23.7 Å². The van der Waals surface area contributed by atoms with Crippen LogP contribution in [0.5, 0.6) is 0 Å². The third-order valence-electron chi connectivity index (χ3n) is 5.05. The molecule has 160 valence electrons. The molecule has 0 unspecified atom stereocenters. The van der Waals surface area contributed by atoms with Gasteiger partial charge in [0.15, 0.2) is 0 Å². The fourth-order valence-electron chi connectivity index (χ4n) is 3.02. The van der Waals surface area contributed by atoms with Gasteiger partial charge in [0.2, 0.25) is 5.91 Å². The maximum absolute atomic E-state index is 12.2. The van der Waals surface area contributed by atoms with Gasteiger partial charge in [-0.15, -0.1) is 0 Å². The van der Waals surface area contributed by atoms with E-state index in [9.17, 15) is 9.59 Å². The van der Waals surface area contributed by atoms with Crippen LogP contribution in [0.2, 0.25) is 0 Å². The Balaban J connectivity index is 1.84. The van der Waals surface area contributed by atoms with E-state index < -0.39 is 0 Å². The molecule has 0 aromatic heterocycles. The van der Waals surface area contributed by atoms with Crippen LogP contribution in [0.25, 0.3) is 6.08 Å². The van der Waals surface area contributed by atoms with Crippen molar-refractivity contribution in [3.8, 4) is 0 Å². The number of rotatable bonds is 10. The van der Waals surface area contributed by atoms with Gasteiger partial charge in [-0.3, -0.25) is 9.59 Å². The number of amides is 2. The third-order valence-corrected chi connectivity index (χ3v) is 5.05. The highest BCUT2D eigenvalue weighted by atomic mass is 16.2. The summed E-state index contributed by atoms with van der Waals surface area (Å²) in [5, 5.41) is 5.75. The van der Waals surface area contributed by atoms with Crippen molar-refractivity contribution in [2.24, 2.45) is 0 Å². The van der Waals surface area contributed by atoms with Crippen LogP contribution in [-0.2, 0) is 4.79 Å². The first kappa shape index (κ1) is 23.4. The fourth-order valence-corrected chi connectivity index (χ4v) is 3.02. The lowest BCUT2D eigenvalue weighted by molar-refractivity contribution is -0.111. The second kappa shape index (κ2) is 11.9. The van der Waals surface area contributed by atoms with Gasteiger partial charge in [0.05, 0.1) is 0 Å². The Labute approximate surface area is 180 Å². The van der Waals surface area contributed by atoms with Gasteiger partial charge >= 0.3 is 0 Å². The average Bonchev–Trinajstić information content (AvgIpc) is 2.76. The van der Waals surface area contributed by atoms with E-state index >= 15 is 0 Å². The Morgan fingerprint density at radius 1 is 0.967 bits per heavy atom. The van der Waals surface area contributed by atoms with E-state index in [1.54, 1.807) is 30.3 Å². The van der Waals surface area contributed by atoms with Gasteiger partial charge in [0.1, 0.15) is 0 Å². The number of likely N-dealkylation sites (N-methyl/N-ethyl adjacent to an activating group) is 1. The second-order valence-electron chi connectivity index (χ2n) is 7.50. The van der Waals surface area contributed by atoms with Crippen LogP contribution in [0.1, 0.15) is 55.1 Å². The molecule has 2 N–H and O–H groups in total. The minimum atomic E-state index is -0.209. The topological polar surface area (TPSA) is 61.4 Å². The summed E-state index contributed by atoms with van der Waals surface area (Å²) in [5.74, 6) is 0.169. The highest BCUT2D eigenvalue weighted by Gasteiger charge is 2.07. The molecule has 0 radical (unpaired) electrons. The van der Waals surface area contributed by atoms with Crippen LogP contribution in [0.4, 0.5) is 5.69 Å². The number of benzene rings is 2. The van der Waals surface area contributed by atoms with E-state index in [1.807, 2.05) is 12.1 Å². The molecule has 0 bridgehead atoms. The molecule has 2 amide bonds. The predicted octanol–water partition coefficient (Wildman–Crippen LogP) is 4.53. The SMILES string of the molecule is CCN(CC)CCNC(=O)c1ccc(NC(=O)/C=C/c2ccc(C(C)C)cc2)cc1. The zero-order valence-electron chi connectivity index (χ0n) is 18.4. The van der Waals surface area contributed by atoms with Crippen molar-refractivity contribution in [2.75, 3.05) is 31.5 Å². The Morgan fingerprint density at radius 2 is 1.60 bits per heavy atom. The summed E-state index contributed by atoms with van der Waals surface area (Å²) in [6, 6.07) is 15.1. The van der Waals surface area contributed by atoms with Crippen molar-refractivity contribution in [2.45, 2.75) is 33.6 Å². The number of nitrogens with one attached hydrogen (secondary N) is 2. The van der Waals surface area contributed by atoms with Crippen molar-refractivity contribution in [1.82, 2.24) is 10.2 Å². The molecule has 2 rings (SSSR count). The molecule has 5 heteroatoms. The largest absolute Gasteiger partial charge is 0.351 e. The average molecular weight is 408 g/mol. The highest BCUT2D eigenvalue weighted by Crippen LogP contribution is 2.15. The van der Waals surface area contributed by atoms with Crippen molar-refractivity contribution in [3.05, 3.63) is 71.3 Å². The molecule has 0 saturated carbocycles. The number of nitrogens with zero attached hydrogens (tertiary/aromatic N) is 1. The maximum atomic E-state index is 12.2. The van der Waals surface area contributed by atoms with Crippen LogP contribution >= 0.6 is 0 Å². The zero-order valence-corrected chi connectivity index (χ0v) is 18.4. The third kappa shape index (κ3) is 7.48. The molecule has 5 nitrogen and oxygen atoms in total. The molecule has 0 atom stereocenters. The van der Waals surface area contributed by atoms with Crippen LogP contribution in [0.15, 0.2) is 54.6 Å². The first-order valence-corrected chi connectivity index (χ1v) is 10.6. The molecule has 2 aromatic carbocycles. The molecule has 0 spiro atoms. The summed E-state index contributed by atoms with van der Waals surface area (Å²) < 4.78 is 0. The molecular formula is C25H33N3O2. The molecule has 0 saturated heterocycles. The summed E-state index contributed by atoms with van der Waals surface area (Å²) in [6.45, 7) is 11.9. The van der Waals surface area contributed by atoms with Crippen molar-refractivity contribution < 1.29 is 9.59 Å². The second-order valence-corrected chi connectivity index (χ2v) is 7.50. The van der Waals surface area contributed by atoms with Gasteiger partial charge in [-0.1, -0.05) is 52.0 Å². The molecule has 2 aromatic rings. The van der Waals surface area contributed by atoms with Gasteiger partial charge in [-0.05, 0) is 60.5 Å². The molecule has 0 fully saturated rings. The van der Waals surface area contributed by atoms with Gasteiger partial charge in [0.25, 0.3) is 5.91 Å². The number of hydrogen-bond donors (Lipinski definition) is 2. The summed E-state index contributed by atoms with van der Waals surface area (Å²) in [5.41, 5.74) is 3.48. The summed E-state index contributed by atoms with van der Waals surface area (Å²) in [4.78, 5) is 26.6. The van der Waals surface area contributed by atoms with Crippen molar-refractivity contribution >= 4 is 23.6 Å². The zero-order chi connectivity index (χ0) is 21.9. The lowest BCUT2D eigenvalue weighted by atomic mass is 10.0. The van der Waals surface area contributed by atoms with E-state index in [4.69, 9.17) is 0 Å². The normalized spacial score (nSPS) is 11.3. The van der Waals surface area contributed by atoms with Gasteiger partial charge in [-0.2, -0.15) is 0 Å². The van der Waals surface area contributed by atoms with E-state index in [2.05, 4.69) is 55.4 Å². The maximum Gasteiger partial charge on any atom is 0.251 e. The van der Waals surface area contributed by atoms with Crippen molar-refractivity contribution in [3.63, 3.8) is 0 Å². The monoisotopic (exact) mass is 407 g/mol. The van der Waals surface area contributed by atoms with Gasteiger partial charge in [-0.25, -0.2) is 0 Å². The molecule has 30 heavy (non-hydrogen) atoms. The minimum Gasteiger partial charge on any atom is -0.351 e.